The van der Waals surface area contributed by atoms with Crippen LogP contribution in [0, 0.1) is 5.92 Å². The first-order valence-corrected chi connectivity index (χ1v) is 6.70. The Kier molecular flexibility index (Phi) is 4.37. The molecule has 1 N–H and O–H groups in total. The maximum atomic E-state index is 4.56. The van der Waals surface area contributed by atoms with E-state index >= 15 is 0 Å². The molecule has 3 nitrogen and oxygen atoms in total. The summed E-state index contributed by atoms with van der Waals surface area (Å²) in [5, 5.41) is 3.46. The lowest BCUT2D eigenvalue weighted by Crippen LogP contribution is -2.24. The predicted octanol–water partition coefficient (Wildman–Crippen LogP) is 2.43. The molecule has 1 fully saturated rings. The quantitative estimate of drug-likeness (QED) is 0.792. The Morgan fingerprint density at radius 2 is 2.41 bits per heavy atom. The maximum Gasteiger partial charge on any atom is 0.133 e. The summed E-state index contributed by atoms with van der Waals surface area (Å²) in [6.45, 7) is 8.82. The Morgan fingerprint density at radius 1 is 1.53 bits per heavy atom. The molecular formula is C14H23N3. The molecule has 1 atom stereocenters. The molecule has 1 aromatic rings. The summed E-state index contributed by atoms with van der Waals surface area (Å²) in [5.74, 6) is 1.98. The van der Waals surface area contributed by atoms with Gasteiger partial charge in [0.15, 0.2) is 0 Å². The second-order valence-electron chi connectivity index (χ2n) is 5.00. The summed E-state index contributed by atoms with van der Waals surface area (Å²) >= 11 is 0. The standard InChI is InChI=1S/C14H23N3/c1-3-7-15-10-13-5-4-8-16-14(13)17-9-6-12(2)11-17/h4-5,8,12,15H,3,6-7,9-11H2,1-2H3. The minimum absolute atomic E-state index is 0.799. The zero-order chi connectivity index (χ0) is 12.1. The minimum atomic E-state index is 0.799. The third kappa shape index (κ3) is 3.19. The number of nitrogens with one attached hydrogen (secondary N) is 1. The highest BCUT2D eigenvalue weighted by molar-refractivity contribution is 5.47. The number of aromatic nitrogens is 1. The van der Waals surface area contributed by atoms with Crippen LogP contribution in [0.5, 0.6) is 0 Å². The van der Waals surface area contributed by atoms with Crippen LogP contribution >= 0.6 is 0 Å². The highest BCUT2D eigenvalue weighted by atomic mass is 15.2. The summed E-state index contributed by atoms with van der Waals surface area (Å²) in [6, 6.07) is 4.22. The Balaban J connectivity index is 2.05. The topological polar surface area (TPSA) is 28.2 Å². The maximum absolute atomic E-state index is 4.56. The normalized spacial score (nSPS) is 19.9. The Morgan fingerprint density at radius 3 is 3.12 bits per heavy atom. The Hall–Kier alpha value is -1.09. The van der Waals surface area contributed by atoms with E-state index in [1.54, 1.807) is 0 Å². The number of anilines is 1. The van der Waals surface area contributed by atoms with E-state index < -0.39 is 0 Å². The van der Waals surface area contributed by atoms with E-state index in [2.05, 4.69) is 35.1 Å². The molecule has 1 aliphatic heterocycles. The van der Waals surface area contributed by atoms with Crippen LogP contribution in [0.2, 0.25) is 0 Å². The number of hydrogen-bond donors (Lipinski definition) is 1. The molecule has 1 aromatic heterocycles. The largest absolute Gasteiger partial charge is 0.356 e. The first-order valence-electron chi connectivity index (χ1n) is 6.70. The van der Waals surface area contributed by atoms with Crippen molar-refractivity contribution in [3.8, 4) is 0 Å². The summed E-state index contributed by atoms with van der Waals surface area (Å²) in [6.07, 6.45) is 4.37. The van der Waals surface area contributed by atoms with Gasteiger partial charge in [-0.15, -0.1) is 0 Å². The number of hydrogen-bond acceptors (Lipinski definition) is 3. The van der Waals surface area contributed by atoms with Crippen LogP contribution in [0.1, 0.15) is 32.3 Å². The SMILES string of the molecule is CCCNCc1cccnc1N1CCC(C)C1. The van der Waals surface area contributed by atoms with Gasteiger partial charge in [0.2, 0.25) is 0 Å². The average molecular weight is 233 g/mol. The minimum Gasteiger partial charge on any atom is -0.356 e. The molecule has 2 rings (SSSR count). The van der Waals surface area contributed by atoms with Crippen molar-refractivity contribution in [2.45, 2.75) is 33.2 Å². The van der Waals surface area contributed by atoms with Crippen LogP contribution < -0.4 is 10.2 Å². The van der Waals surface area contributed by atoms with Gasteiger partial charge in [0, 0.05) is 31.4 Å². The second kappa shape index (κ2) is 6.01. The smallest absolute Gasteiger partial charge is 0.133 e. The van der Waals surface area contributed by atoms with E-state index in [4.69, 9.17) is 0 Å². The van der Waals surface area contributed by atoms with Crippen molar-refractivity contribution in [1.29, 1.82) is 0 Å². The van der Waals surface area contributed by atoms with Crippen LogP contribution in [0.15, 0.2) is 18.3 Å². The fraction of sp³-hybridized carbons (Fsp3) is 0.643. The van der Waals surface area contributed by atoms with E-state index in [0.29, 0.717) is 0 Å². The van der Waals surface area contributed by atoms with Gasteiger partial charge in [0.25, 0.3) is 0 Å². The van der Waals surface area contributed by atoms with Gasteiger partial charge < -0.3 is 10.2 Å². The molecule has 0 saturated carbocycles. The third-order valence-electron chi connectivity index (χ3n) is 3.33. The fourth-order valence-electron chi connectivity index (χ4n) is 2.38. The van der Waals surface area contributed by atoms with Gasteiger partial charge in [-0.25, -0.2) is 4.98 Å². The summed E-state index contributed by atoms with van der Waals surface area (Å²) in [7, 11) is 0. The van der Waals surface area contributed by atoms with E-state index in [9.17, 15) is 0 Å². The van der Waals surface area contributed by atoms with E-state index in [1.807, 2.05) is 12.3 Å². The third-order valence-corrected chi connectivity index (χ3v) is 3.33. The lowest BCUT2D eigenvalue weighted by molar-refractivity contribution is 0.655. The number of pyridine rings is 1. The highest BCUT2D eigenvalue weighted by Crippen LogP contribution is 2.24. The van der Waals surface area contributed by atoms with Crippen molar-refractivity contribution in [1.82, 2.24) is 10.3 Å². The van der Waals surface area contributed by atoms with Crippen molar-refractivity contribution in [3.05, 3.63) is 23.9 Å². The molecule has 0 aliphatic carbocycles. The first kappa shape index (κ1) is 12.4. The van der Waals surface area contributed by atoms with Gasteiger partial charge in [-0.05, 0) is 31.4 Å². The lowest BCUT2D eigenvalue weighted by atomic mass is 10.2. The second-order valence-corrected chi connectivity index (χ2v) is 5.00. The fourth-order valence-corrected chi connectivity index (χ4v) is 2.38. The van der Waals surface area contributed by atoms with Crippen LogP contribution in [0.4, 0.5) is 5.82 Å². The van der Waals surface area contributed by atoms with Crippen LogP contribution in [-0.2, 0) is 6.54 Å². The molecule has 0 aromatic carbocycles. The van der Waals surface area contributed by atoms with Gasteiger partial charge in [-0.2, -0.15) is 0 Å². The lowest BCUT2D eigenvalue weighted by Gasteiger charge is -2.20. The monoisotopic (exact) mass is 233 g/mol. The van der Waals surface area contributed by atoms with Crippen molar-refractivity contribution in [3.63, 3.8) is 0 Å². The molecule has 0 bridgehead atoms. The summed E-state index contributed by atoms with van der Waals surface area (Å²) in [5.41, 5.74) is 1.33. The van der Waals surface area contributed by atoms with Gasteiger partial charge in [-0.3, -0.25) is 0 Å². The Bertz CT molecular complexity index is 351. The first-order chi connectivity index (χ1) is 8.31. The predicted molar refractivity (Wildman–Crippen MR) is 72.2 cm³/mol. The molecule has 1 aliphatic rings. The summed E-state index contributed by atoms with van der Waals surface area (Å²) in [4.78, 5) is 6.98. The van der Waals surface area contributed by atoms with E-state index in [0.717, 1.165) is 32.1 Å². The zero-order valence-electron chi connectivity index (χ0n) is 10.9. The molecule has 0 amide bonds. The van der Waals surface area contributed by atoms with Crippen molar-refractivity contribution in [2.75, 3.05) is 24.5 Å². The molecule has 17 heavy (non-hydrogen) atoms. The number of nitrogens with zero attached hydrogens (tertiary/aromatic N) is 2. The highest BCUT2D eigenvalue weighted by Gasteiger charge is 2.21. The Labute approximate surface area is 104 Å². The average Bonchev–Trinajstić information content (AvgIpc) is 2.77. The molecule has 2 heterocycles. The summed E-state index contributed by atoms with van der Waals surface area (Å²) < 4.78 is 0. The number of rotatable bonds is 5. The van der Waals surface area contributed by atoms with Crippen LogP contribution in [0.3, 0.4) is 0 Å². The molecule has 3 heteroatoms. The van der Waals surface area contributed by atoms with E-state index in [1.165, 1.54) is 24.2 Å². The van der Waals surface area contributed by atoms with Gasteiger partial charge >= 0.3 is 0 Å². The molecule has 1 saturated heterocycles. The van der Waals surface area contributed by atoms with E-state index in [-0.39, 0.29) is 0 Å². The zero-order valence-corrected chi connectivity index (χ0v) is 10.9. The van der Waals surface area contributed by atoms with Crippen LogP contribution in [-0.4, -0.2) is 24.6 Å². The molecular weight excluding hydrogens is 210 g/mol. The van der Waals surface area contributed by atoms with Gasteiger partial charge in [-0.1, -0.05) is 19.9 Å². The van der Waals surface area contributed by atoms with Gasteiger partial charge in [0.1, 0.15) is 5.82 Å². The molecule has 94 valence electrons. The van der Waals surface area contributed by atoms with Gasteiger partial charge in [0.05, 0.1) is 0 Å². The van der Waals surface area contributed by atoms with Crippen molar-refractivity contribution in [2.24, 2.45) is 5.92 Å². The molecule has 0 spiro atoms. The van der Waals surface area contributed by atoms with Crippen molar-refractivity contribution >= 4 is 5.82 Å². The van der Waals surface area contributed by atoms with Crippen LogP contribution in [0.25, 0.3) is 0 Å². The van der Waals surface area contributed by atoms with Crippen molar-refractivity contribution < 1.29 is 0 Å². The molecule has 1 unspecified atom stereocenters. The molecule has 0 radical (unpaired) electrons.